The van der Waals surface area contributed by atoms with Gasteiger partial charge in [0.15, 0.2) is 0 Å². The first-order valence-corrected chi connectivity index (χ1v) is 11.8. The summed E-state index contributed by atoms with van der Waals surface area (Å²) in [4.78, 5) is 17.4. The van der Waals surface area contributed by atoms with Gasteiger partial charge in [-0.2, -0.15) is 9.78 Å². The molecule has 0 unspecified atom stereocenters. The first kappa shape index (κ1) is 21.4. The average molecular weight is 476 g/mol. The number of thiazole rings is 1. The van der Waals surface area contributed by atoms with Crippen LogP contribution in [0.1, 0.15) is 16.1 Å². The number of aryl methyl sites for hydroxylation is 1. The van der Waals surface area contributed by atoms with Crippen LogP contribution in [-0.4, -0.2) is 47.5 Å². The third-order valence-corrected chi connectivity index (χ3v) is 7.64. The van der Waals surface area contributed by atoms with Crippen LogP contribution in [0.4, 0.5) is 5.82 Å². The maximum Gasteiger partial charge on any atom is 0.256 e. The van der Waals surface area contributed by atoms with Gasteiger partial charge in [-0.3, -0.25) is 4.79 Å². The molecule has 0 spiro atoms. The molecule has 0 radical (unpaired) electrons. The summed E-state index contributed by atoms with van der Waals surface area (Å²) >= 11 is 7.63. The van der Waals surface area contributed by atoms with Gasteiger partial charge < -0.3 is 5.32 Å². The van der Waals surface area contributed by atoms with E-state index in [4.69, 9.17) is 11.6 Å². The second-order valence-electron chi connectivity index (χ2n) is 6.93. The van der Waals surface area contributed by atoms with E-state index in [-0.39, 0.29) is 4.90 Å². The van der Waals surface area contributed by atoms with Crippen molar-refractivity contribution in [3.63, 3.8) is 0 Å². The van der Waals surface area contributed by atoms with E-state index in [1.54, 1.807) is 16.8 Å². The number of benzene rings is 2. The van der Waals surface area contributed by atoms with Crippen LogP contribution in [0.5, 0.6) is 0 Å². The minimum atomic E-state index is -3.56. The summed E-state index contributed by atoms with van der Waals surface area (Å²) in [5, 5.41) is 8.37. The van der Waals surface area contributed by atoms with Crippen LogP contribution in [0.15, 0.2) is 53.4 Å². The van der Waals surface area contributed by atoms with Gasteiger partial charge in [0.05, 0.1) is 20.3 Å². The molecule has 0 atom stereocenters. The fraction of sp³-hybridized carbons (Fsp3) is 0.150. The number of para-hydroxylation sites is 1. The summed E-state index contributed by atoms with van der Waals surface area (Å²) in [5.41, 5.74) is 1.69. The van der Waals surface area contributed by atoms with Crippen LogP contribution in [-0.2, 0) is 10.0 Å². The normalized spacial score (nSPS) is 11.9. The number of halogens is 1. The quantitative estimate of drug-likeness (QED) is 0.471. The number of carbonyl (C=O) groups is 1. The lowest BCUT2D eigenvalue weighted by Crippen LogP contribution is -2.22. The Bertz CT molecular complexity index is 1390. The summed E-state index contributed by atoms with van der Waals surface area (Å²) in [6.45, 7) is 1.81. The molecule has 4 rings (SSSR count). The van der Waals surface area contributed by atoms with Gasteiger partial charge in [-0.15, -0.1) is 0 Å². The van der Waals surface area contributed by atoms with Crippen LogP contribution in [0.25, 0.3) is 15.3 Å². The van der Waals surface area contributed by atoms with Gasteiger partial charge in [-0.05, 0) is 43.3 Å². The molecule has 11 heteroatoms. The molecule has 0 aliphatic rings. The zero-order chi connectivity index (χ0) is 22.3. The van der Waals surface area contributed by atoms with Crippen molar-refractivity contribution in [1.29, 1.82) is 0 Å². The van der Waals surface area contributed by atoms with E-state index in [1.165, 1.54) is 49.7 Å². The van der Waals surface area contributed by atoms with Gasteiger partial charge in [0, 0.05) is 25.7 Å². The molecular formula is C20H18ClN5O3S2. The molecule has 0 saturated heterocycles. The molecule has 8 nitrogen and oxygen atoms in total. The van der Waals surface area contributed by atoms with Crippen molar-refractivity contribution in [2.75, 3.05) is 19.4 Å². The minimum Gasteiger partial charge on any atom is -0.306 e. The Balaban J connectivity index is 1.63. The van der Waals surface area contributed by atoms with Gasteiger partial charge in [0.25, 0.3) is 5.91 Å². The highest BCUT2D eigenvalue weighted by Crippen LogP contribution is 2.31. The van der Waals surface area contributed by atoms with Gasteiger partial charge in [0.2, 0.25) is 15.2 Å². The van der Waals surface area contributed by atoms with E-state index in [2.05, 4.69) is 15.4 Å². The Morgan fingerprint density at radius 1 is 1.16 bits per heavy atom. The number of hydrogen-bond donors (Lipinski definition) is 1. The molecule has 0 fully saturated rings. The third kappa shape index (κ3) is 4.07. The van der Waals surface area contributed by atoms with Crippen LogP contribution >= 0.6 is 22.9 Å². The molecule has 0 saturated carbocycles. The topological polar surface area (TPSA) is 97.2 Å². The molecular weight excluding hydrogens is 458 g/mol. The Morgan fingerprint density at radius 2 is 1.87 bits per heavy atom. The second-order valence-corrected chi connectivity index (χ2v) is 10.5. The van der Waals surface area contributed by atoms with Gasteiger partial charge >= 0.3 is 0 Å². The lowest BCUT2D eigenvalue weighted by molar-refractivity contribution is 0.102. The number of nitrogens with one attached hydrogen (secondary N) is 1. The highest BCUT2D eigenvalue weighted by atomic mass is 35.5. The zero-order valence-corrected chi connectivity index (χ0v) is 19.2. The Labute approximate surface area is 188 Å². The largest absolute Gasteiger partial charge is 0.306 e. The number of carbonyl (C=O) groups excluding carboxylic acids is 1. The summed E-state index contributed by atoms with van der Waals surface area (Å²) < 4.78 is 28.0. The van der Waals surface area contributed by atoms with Gasteiger partial charge in [-0.25, -0.2) is 17.7 Å². The van der Waals surface area contributed by atoms with E-state index in [1.807, 2.05) is 19.1 Å². The van der Waals surface area contributed by atoms with Crippen molar-refractivity contribution < 1.29 is 13.2 Å². The van der Waals surface area contributed by atoms with E-state index in [9.17, 15) is 13.2 Å². The summed E-state index contributed by atoms with van der Waals surface area (Å²) in [6.07, 6.45) is 0. The molecule has 0 aliphatic carbocycles. The van der Waals surface area contributed by atoms with Crippen LogP contribution in [0, 0.1) is 6.92 Å². The van der Waals surface area contributed by atoms with Crippen molar-refractivity contribution in [3.8, 4) is 5.13 Å². The molecule has 0 aliphatic heterocycles. The molecule has 1 N–H and O–H groups in total. The Kier molecular flexibility index (Phi) is 5.56. The number of anilines is 1. The maximum atomic E-state index is 12.8. The number of amides is 1. The average Bonchev–Trinajstić information content (AvgIpc) is 3.32. The summed E-state index contributed by atoms with van der Waals surface area (Å²) in [6, 6.07) is 13.0. The van der Waals surface area contributed by atoms with Crippen LogP contribution < -0.4 is 5.32 Å². The SMILES string of the molecule is Cc1cc(NC(=O)c2ccc(S(=O)(=O)N(C)C)cc2)n(-c2nc3c(Cl)cccc3s2)n1. The van der Waals surface area contributed by atoms with Crippen molar-refractivity contribution in [3.05, 3.63) is 64.8 Å². The van der Waals surface area contributed by atoms with Crippen molar-refractivity contribution in [1.82, 2.24) is 19.1 Å². The Hall–Kier alpha value is -2.79. The van der Waals surface area contributed by atoms with Gasteiger partial charge in [0.1, 0.15) is 11.3 Å². The van der Waals surface area contributed by atoms with E-state index in [0.29, 0.717) is 32.7 Å². The maximum absolute atomic E-state index is 12.8. The zero-order valence-electron chi connectivity index (χ0n) is 16.8. The van der Waals surface area contributed by atoms with Crippen molar-refractivity contribution in [2.45, 2.75) is 11.8 Å². The number of sulfonamides is 1. The predicted octanol–water partition coefficient (Wildman–Crippen LogP) is 3.95. The summed E-state index contributed by atoms with van der Waals surface area (Å²) in [5.74, 6) is 0.0526. The number of hydrogen-bond acceptors (Lipinski definition) is 6. The van der Waals surface area contributed by atoms with Crippen molar-refractivity contribution >= 4 is 54.9 Å². The molecule has 2 heterocycles. The highest BCUT2D eigenvalue weighted by molar-refractivity contribution is 7.89. The number of rotatable bonds is 5. The number of aromatic nitrogens is 3. The smallest absolute Gasteiger partial charge is 0.256 e. The lowest BCUT2D eigenvalue weighted by Gasteiger charge is -2.11. The summed E-state index contributed by atoms with van der Waals surface area (Å²) in [7, 11) is -0.658. The standard InChI is InChI=1S/C20H18ClN5O3S2/c1-12-11-17(26(24-12)20-23-18-15(21)5-4-6-16(18)30-20)22-19(27)13-7-9-14(10-8-13)31(28,29)25(2)3/h4-11H,1-3H3,(H,22,27). The second kappa shape index (κ2) is 8.04. The molecule has 2 aromatic heterocycles. The lowest BCUT2D eigenvalue weighted by atomic mass is 10.2. The van der Waals surface area contributed by atoms with E-state index >= 15 is 0 Å². The third-order valence-electron chi connectivity index (χ3n) is 4.51. The molecule has 31 heavy (non-hydrogen) atoms. The molecule has 1 amide bonds. The van der Waals surface area contributed by atoms with Gasteiger partial charge in [-0.1, -0.05) is 29.0 Å². The molecule has 160 valence electrons. The van der Waals surface area contributed by atoms with Crippen LogP contribution in [0.2, 0.25) is 5.02 Å². The minimum absolute atomic E-state index is 0.112. The molecule has 2 aromatic carbocycles. The fourth-order valence-corrected chi connectivity index (χ4v) is 5.04. The fourth-order valence-electron chi connectivity index (χ4n) is 2.91. The van der Waals surface area contributed by atoms with Crippen LogP contribution in [0.3, 0.4) is 0 Å². The van der Waals surface area contributed by atoms with E-state index < -0.39 is 15.9 Å². The first-order valence-electron chi connectivity index (χ1n) is 9.13. The Morgan fingerprint density at radius 3 is 2.52 bits per heavy atom. The monoisotopic (exact) mass is 475 g/mol. The van der Waals surface area contributed by atoms with Crippen molar-refractivity contribution in [2.24, 2.45) is 0 Å². The highest BCUT2D eigenvalue weighted by Gasteiger charge is 2.19. The molecule has 4 aromatic rings. The molecule has 0 bridgehead atoms. The van der Waals surface area contributed by atoms with E-state index in [0.717, 1.165) is 9.01 Å². The predicted molar refractivity (Wildman–Crippen MR) is 122 cm³/mol. The number of fused-ring (bicyclic) bond motifs is 1. The first-order chi connectivity index (χ1) is 14.7. The number of nitrogens with zero attached hydrogens (tertiary/aromatic N) is 4.